The average molecular weight is 348 g/mol. The zero-order valence-corrected chi connectivity index (χ0v) is 13.8. The zero-order valence-electron chi connectivity index (χ0n) is 12.9. The molecule has 1 amide bonds. The molecule has 1 aromatic heterocycles. The summed E-state index contributed by atoms with van der Waals surface area (Å²) in [6.45, 7) is 0.427. The van der Waals surface area contributed by atoms with Gasteiger partial charge in [0.05, 0.1) is 5.01 Å². The number of benzene rings is 1. The van der Waals surface area contributed by atoms with E-state index in [9.17, 15) is 19.1 Å². The van der Waals surface area contributed by atoms with Gasteiger partial charge in [0.2, 0.25) is 0 Å². The van der Waals surface area contributed by atoms with Gasteiger partial charge in [-0.2, -0.15) is 0 Å². The molecule has 1 aliphatic rings. The van der Waals surface area contributed by atoms with Crippen LogP contribution < -0.4 is 0 Å². The summed E-state index contributed by atoms with van der Waals surface area (Å²) in [5, 5.41) is 11.5. The first kappa shape index (κ1) is 16.6. The number of piperidine rings is 1. The van der Waals surface area contributed by atoms with Crippen molar-refractivity contribution in [3.05, 3.63) is 51.7 Å². The van der Waals surface area contributed by atoms with E-state index in [1.54, 1.807) is 23.6 Å². The molecule has 126 valence electrons. The number of carbonyl (C=O) groups is 2. The number of likely N-dealkylation sites (tertiary alicyclic amines) is 1. The molecule has 1 atom stereocenters. The van der Waals surface area contributed by atoms with Gasteiger partial charge in [-0.25, -0.2) is 14.2 Å². The number of carbonyl (C=O) groups excluding carboxylic acids is 1. The lowest BCUT2D eigenvalue weighted by Gasteiger charge is -2.32. The van der Waals surface area contributed by atoms with Gasteiger partial charge >= 0.3 is 5.97 Å². The second-order valence-electron chi connectivity index (χ2n) is 5.74. The number of carboxylic acids is 1. The molecule has 5 nitrogen and oxygen atoms in total. The average Bonchev–Trinajstić information content (AvgIpc) is 3.05. The van der Waals surface area contributed by atoms with E-state index in [1.807, 2.05) is 0 Å². The lowest BCUT2D eigenvalue weighted by atomic mass is 10.0. The number of hydrogen-bond acceptors (Lipinski definition) is 4. The van der Waals surface area contributed by atoms with Crippen molar-refractivity contribution in [2.45, 2.75) is 31.7 Å². The van der Waals surface area contributed by atoms with E-state index in [0.29, 0.717) is 30.0 Å². The first-order valence-electron chi connectivity index (χ1n) is 7.78. The van der Waals surface area contributed by atoms with Crippen LogP contribution in [0.2, 0.25) is 0 Å². The van der Waals surface area contributed by atoms with Crippen LogP contribution in [0.1, 0.15) is 40.3 Å². The minimum atomic E-state index is -0.982. The van der Waals surface area contributed by atoms with Crippen LogP contribution in [0, 0.1) is 5.82 Å². The molecule has 1 aliphatic heterocycles. The Morgan fingerprint density at radius 1 is 1.33 bits per heavy atom. The maximum atomic E-state index is 13.7. The summed E-state index contributed by atoms with van der Waals surface area (Å²) in [5.41, 5.74) is 0.756. The molecule has 1 unspecified atom stereocenters. The topological polar surface area (TPSA) is 70.5 Å². The van der Waals surface area contributed by atoms with Gasteiger partial charge in [-0.05, 0) is 30.9 Å². The van der Waals surface area contributed by atoms with E-state index in [1.165, 1.54) is 22.3 Å². The zero-order chi connectivity index (χ0) is 17.1. The minimum Gasteiger partial charge on any atom is -0.480 e. The summed E-state index contributed by atoms with van der Waals surface area (Å²) in [6, 6.07) is 5.66. The standard InChI is InChI=1S/C17H17FN2O3S/c18-12-6-2-1-5-11(12)9-15-19-13(10-24-15)16(21)20-8-4-3-7-14(20)17(22)23/h1-2,5-6,10,14H,3-4,7-9H2,(H,22,23). The monoisotopic (exact) mass is 348 g/mol. The van der Waals surface area contributed by atoms with E-state index < -0.39 is 12.0 Å². The number of thiazole rings is 1. The highest BCUT2D eigenvalue weighted by Crippen LogP contribution is 2.22. The Morgan fingerprint density at radius 3 is 2.88 bits per heavy atom. The fourth-order valence-electron chi connectivity index (χ4n) is 2.87. The fraction of sp³-hybridized carbons (Fsp3) is 0.353. The number of aliphatic carboxylic acids is 1. The third kappa shape index (κ3) is 3.46. The van der Waals surface area contributed by atoms with Crippen LogP contribution in [0.4, 0.5) is 4.39 Å². The van der Waals surface area contributed by atoms with E-state index in [2.05, 4.69) is 4.98 Å². The van der Waals surface area contributed by atoms with Gasteiger partial charge < -0.3 is 10.0 Å². The van der Waals surface area contributed by atoms with E-state index in [0.717, 1.165) is 12.8 Å². The highest BCUT2D eigenvalue weighted by molar-refractivity contribution is 7.09. The Kier molecular flexibility index (Phi) is 4.89. The molecular formula is C17H17FN2O3S. The largest absolute Gasteiger partial charge is 0.480 e. The molecule has 2 heterocycles. The van der Waals surface area contributed by atoms with Crippen LogP contribution >= 0.6 is 11.3 Å². The number of amides is 1. The third-order valence-electron chi connectivity index (χ3n) is 4.12. The maximum Gasteiger partial charge on any atom is 0.326 e. The molecule has 3 rings (SSSR count). The number of rotatable bonds is 4. The number of halogens is 1. The van der Waals surface area contributed by atoms with Crippen molar-refractivity contribution in [2.24, 2.45) is 0 Å². The number of carboxylic acid groups (broad SMARTS) is 1. The summed E-state index contributed by atoms with van der Waals surface area (Å²) in [5.74, 6) is -1.65. The summed E-state index contributed by atoms with van der Waals surface area (Å²) >= 11 is 1.28. The van der Waals surface area contributed by atoms with Gasteiger partial charge in [0.25, 0.3) is 5.91 Å². The lowest BCUT2D eigenvalue weighted by molar-refractivity contribution is -0.143. The first-order chi connectivity index (χ1) is 11.6. The summed E-state index contributed by atoms with van der Waals surface area (Å²) in [4.78, 5) is 29.6. The van der Waals surface area contributed by atoms with Crippen LogP contribution in [0.5, 0.6) is 0 Å². The van der Waals surface area contributed by atoms with Gasteiger partial charge in [-0.3, -0.25) is 4.79 Å². The Bertz CT molecular complexity index is 762. The van der Waals surface area contributed by atoms with Crippen molar-refractivity contribution in [3.8, 4) is 0 Å². The number of aromatic nitrogens is 1. The highest BCUT2D eigenvalue weighted by atomic mass is 32.1. The van der Waals surface area contributed by atoms with Gasteiger partial charge in [-0.15, -0.1) is 11.3 Å². The fourth-order valence-corrected chi connectivity index (χ4v) is 3.66. The van der Waals surface area contributed by atoms with E-state index >= 15 is 0 Å². The smallest absolute Gasteiger partial charge is 0.326 e. The van der Waals surface area contributed by atoms with Crippen LogP contribution in [-0.2, 0) is 11.2 Å². The van der Waals surface area contributed by atoms with Crippen molar-refractivity contribution >= 4 is 23.2 Å². The molecule has 0 radical (unpaired) electrons. The molecule has 24 heavy (non-hydrogen) atoms. The normalized spacial score (nSPS) is 17.7. The van der Waals surface area contributed by atoms with Gasteiger partial charge in [-0.1, -0.05) is 18.2 Å². The van der Waals surface area contributed by atoms with Crippen molar-refractivity contribution in [1.82, 2.24) is 9.88 Å². The van der Waals surface area contributed by atoms with Crippen LogP contribution in [-0.4, -0.2) is 39.5 Å². The molecule has 0 spiro atoms. The maximum absolute atomic E-state index is 13.7. The minimum absolute atomic E-state index is 0.236. The van der Waals surface area contributed by atoms with Crippen molar-refractivity contribution in [3.63, 3.8) is 0 Å². The molecule has 0 aliphatic carbocycles. The van der Waals surface area contributed by atoms with Crippen molar-refractivity contribution in [1.29, 1.82) is 0 Å². The van der Waals surface area contributed by atoms with Crippen molar-refractivity contribution < 1.29 is 19.1 Å². The predicted octanol–water partition coefficient (Wildman–Crippen LogP) is 2.95. The molecule has 1 fully saturated rings. The first-order valence-corrected chi connectivity index (χ1v) is 8.66. The molecule has 0 saturated carbocycles. The Morgan fingerprint density at radius 2 is 2.12 bits per heavy atom. The molecule has 0 bridgehead atoms. The van der Waals surface area contributed by atoms with E-state index in [-0.39, 0.29) is 17.4 Å². The predicted molar refractivity (Wildman–Crippen MR) is 87.6 cm³/mol. The molecular weight excluding hydrogens is 331 g/mol. The SMILES string of the molecule is O=C(O)C1CCCCN1C(=O)c1csc(Cc2ccccc2F)n1. The number of nitrogens with zero attached hydrogens (tertiary/aromatic N) is 2. The summed E-state index contributed by atoms with van der Waals surface area (Å²) in [6.07, 6.45) is 2.37. The number of hydrogen-bond donors (Lipinski definition) is 1. The summed E-state index contributed by atoms with van der Waals surface area (Å²) < 4.78 is 13.7. The van der Waals surface area contributed by atoms with Gasteiger partial charge in [0.1, 0.15) is 17.6 Å². The molecule has 1 saturated heterocycles. The Balaban J connectivity index is 1.76. The third-order valence-corrected chi connectivity index (χ3v) is 4.97. The lowest BCUT2D eigenvalue weighted by Crippen LogP contribution is -2.48. The Hall–Kier alpha value is -2.28. The quantitative estimate of drug-likeness (QED) is 0.922. The second-order valence-corrected chi connectivity index (χ2v) is 6.69. The van der Waals surface area contributed by atoms with Crippen molar-refractivity contribution in [2.75, 3.05) is 6.54 Å². The molecule has 2 aromatic rings. The Labute approximate surface area is 142 Å². The molecule has 7 heteroatoms. The van der Waals surface area contributed by atoms with E-state index in [4.69, 9.17) is 0 Å². The molecule has 1 N–H and O–H groups in total. The summed E-state index contributed by atoms with van der Waals surface area (Å²) in [7, 11) is 0. The highest BCUT2D eigenvalue weighted by Gasteiger charge is 2.33. The van der Waals surface area contributed by atoms with Gasteiger partial charge in [0.15, 0.2) is 0 Å². The van der Waals surface area contributed by atoms with Gasteiger partial charge in [0, 0.05) is 18.3 Å². The van der Waals surface area contributed by atoms with Crippen LogP contribution in [0.25, 0.3) is 0 Å². The van der Waals surface area contributed by atoms with Crippen LogP contribution in [0.15, 0.2) is 29.6 Å². The second kappa shape index (κ2) is 7.09. The van der Waals surface area contributed by atoms with Crippen LogP contribution in [0.3, 0.4) is 0 Å². The molecule has 1 aromatic carbocycles.